The molecule has 2 rings (SSSR count). The molecule has 0 unspecified atom stereocenters. The second-order valence-electron chi connectivity index (χ2n) is 3.52. The van der Waals surface area contributed by atoms with E-state index in [0.717, 1.165) is 5.56 Å². The normalized spacial score (nSPS) is 10.2. The minimum Gasteiger partial charge on any atom is -0.321 e. The molecule has 0 saturated carbocycles. The highest BCUT2D eigenvalue weighted by Crippen LogP contribution is 1.99. The Kier molecular flexibility index (Phi) is 4.08. The van der Waals surface area contributed by atoms with Gasteiger partial charge in [-0.1, -0.05) is 48.5 Å². The van der Waals surface area contributed by atoms with Crippen LogP contribution in [0.3, 0.4) is 0 Å². The monoisotopic (exact) mass is 240 g/mol. The highest BCUT2D eigenvalue weighted by atomic mass is 16.7. The van der Waals surface area contributed by atoms with Crippen LogP contribution in [0.25, 0.3) is 0 Å². The Morgan fingerprint density at radius 1 is 1.00 bits per heavy atom. The van der Waals surface area contributed by atoms with Crippen molar-refractivity contribution in [3.63, 3.8) is 0 Å². The van der Waals surface area contributed by atoms with Crippen LogP contribution in [0.4, 0.5) is 0 Å². The van der Waals surface area contributed by atoms with Gasteiger partial charge in [0.15, 0.2) is 0 Å². The fourth-order valence-electron chi connectivity index (χ4n) is 1.34. The van der Waals surface area contributed by atoms with Gasteiger partial charge in [0, 0.05) is 0 Å². The molecule has 2 aromatic carbocycles. The number of nitrogens with one attached hydrogen (secondary N) is 1. The molecule has 0 aromatic heterocycles. The van der Waals surface area contributed by atoms with Crippen LogP contribution < -0.4 is 5.59 Å². The third kappa shape index (κ3) is 3.45. The van der Waals surface area contributed by atoms with E-state index in [2.05, 4.69) is 10.7 Å². The van der Waals surface area contributed by atoms with E-state index in [-0.39, 0.29) is 0 Å². The van der Waals surface area contributed by atoms with Gasteiger partial charge in [0.05, 0.1) is 11.8 Å². The number of benzene rings is 2. The van der Waals surface area contributed by atoms with E-state index in [0.29, 0.717) is 5.56 Å². The first-order valence-electron chi connectivity index (χ1n) is 5.45. The molecular weight excluding hydrogens is 228 g/mol. The zero-order chi connectivity index (χ0) is 12.6. The third-order valence-corrected chi connectivity index (χ3v) is 2.21. The van der Waals surface area contributed by atoms with Crippen LogP contribution >= 0.6 is 0 Å². The lowest BCUT2D eigenvalue weighted by Gasteiger charge is -2.01. The van der Waals surface area contributed by atoms with Gasteiger partial charge >= 0.3 is 5.97 Å². The lowest BCUT2D eigenvalue weighted by molar-refractivity contribution is 0.0262. The van der Waals surface area contributed by atoms with Gasteiger partial charge in [0.2, 0.25) is 0 Å². The number of carbonyl (C=O) groups is 1. The Labute approximate surface area is 105 Å². The zero-order valence-electron chi connectivity index (χ0n) is 9.61. The number of rotatable bonds is 4. The van der Waals surface area contributed by atoms with Crippen LogP contribution in [0.2, 0.25) is 0 Å². The first-order valence-corrected chi connectivity index (χ1v) is 5.45. The van der Waals surface area contributed by atoms with Gasteiger partial charge in [-0.3, -0.25) is 0 Å². The van der Waals surface area contributed by atoms with Crippen molar-refractivity contribution < 1.29 is 9.63 Å². The average molecular weight is 240 g/mol. The maximum atomic E-state index is 11.5. The Morgan fingerprint density at radius 3 is 2.28 bits per heavy atom. The first-order chi connectivity index (χ1) is 8.86. The molecule has 0 radical (unpaired) electrons. The SMILES string of the molecule is O=C(ONN=Cc1ccccc1)c1ccccc1. The molecule has 0 aliphatic heterocycles. The summed E-state index contributed by atoms with van der Waals surface area (Å²) in [5.41, 5.74) is 3.64. The van der Waals surface area contributed by atoms with E-state index in [1.807, 2.05) is 36.4 Å². The van der Waals surface area contributed by atoms with Crippen LogP contribution in [0.5, 0.6) is 0 Å². The maximum absolute atomic E-state index is 11.5. The molecule has 90 valence electrons. The summed E-state index contributed by atoms with van der Waals surface area (Å²) >= 11 is 0. The molecule has 18 heavy (non-hydrogen) atoms. The van der Waals surface area contributed by atoms with Crippen molar-refractivity contribution in [3.8, 4) is 0 Å². The predicted molar refractivity (Wildman–Crippen MR) is 69.0 cm³/mol. The summed E-state index contributed by atoms with van der Waals surface area (Å²) in [6.07, 6.45) is 1.57. The van der Waals surface area contributed by atoms with Crippen molar-refractivity contribution in [2.24, 2.45) is 5.10 Å². The minimum absolute atomic E-state index is 0.471. The van der Waals surface area contributed by atoms with Gasteiger partial charge in [0.25, 0.3) is 0 Å². The second kappa shape index (κ2) is 6.20. The van der Waals surface area contributed by atoms with Crippen molar-refractivity contribution in [1.82, 2.24) is 5.59 Å². The van der Waals surface area contributed by atoms with Crippen molar-refractivity contribution in [1.29, 1.82) is 0 Å². The third-order valence-electron chi connectivity index (χ3n) is 2.21. The van der Waals surface area contributed by atoms with Crippen molar-refractivity contribution in [2.75, 3.05) is 0 Å². The number of hydrogen-bond donors (Lipinski definition) is 1. The lowest BCUT2D eigenvalue weighted by Crippen LogP contribution is -2.14. The van der Waals surface area contributed by atoms with Crippen molar-refractivity contribution in [2.45, 2.75) is 0 Å². The molecule has 0 aliphatic rings. The smallest absolute Gasteiger partial charge is 0.321 e. The molecule has 0 amide bonds. The molecule has 0 atom stereocenters. The summed E-state index contributed by atoms with van der Waals surface area (Å²) in [6.45, 7) is 0. The summed E-state index contributed by atoms with van der Waals surface area (Å²) in [7, 11) is 0. The van der Waals surface area contributed by atoms with Crippen LogP contribution in [0.15, 0.2) is 65.8 Å². The van der Waals surface area contributed by atoms with E-state index >= 15 is 0 Å². The van der Waals surface area contributed by atoms with E-state index in [9.17, 15) is 4.79 Å². The van der Waals surface area contributed by atoms with Gasteiger partial charge in [0.1, 0.15) is 0 Å². The molecule has 0 bridgehead atoms. The largest absolute Gasteiger partial charge is 0.364 e. The number of hydrazone groups is 1. The second-order valence-corrected chi connectivity index (χ2v) is 3.52. The topological polar surface area (TPSA) is 50.7 Å². The molecule has 0 aliphatic carbocycles. The summed E-state index contributed by atoms with van der Waals surface area (Å²) in [5.74, 6) is -0.471. The number of nitrogens with zero attached hydrogens (tertiary/aromatic N) is 1. The van der Waals surface area contributed by atoms with Crippen LogP contribution in [0.1, 0.15) is 15.9 Å². The van der Waals surface area contributed by atoms with Crippen LogP contribution in [-0.4, -0.2) is 12.2 Å². The Bertz CT molecular complexity index is 524. The quantitative estimate of drug-likeness (QED) is 0.659. The fourth-order valence-corrected chi connectivity index (χ4v) is 1.34. The number of carbonyl (C=O) groups excluding carboxylic acids is 1. The van der Waals surface area contributed by atoms with E-state index in [1.165, 1.54) is 0 Å². The summed E-state index contributed by atoms with van der Waals surface area (Å²) in [5, 5.41) is 3.79. The Morgan fingerprint density at radius 2 is 1.61 bits per heavy atom. The highest BCUT2D eigenvalue weighted by Gasteiger charge is 2.04. The Balaban J connectivity index is 1.83. The summed E-state index contributed by atoms with van der Waals surface area (Å²) < 4.78 is 0. The minimum atomic E-state index is -0.471. The Hall–Kier alpha value is -2.62. The van der Waals surface area contributed by atoms with Crippen LogP contribution in [0, 0.1) is 0 Å². The maximum Gasteiger partial charge on any atom is 0.364 e. The molecule has 0 heterocycles. The van der Waals surface area contributed by atoms with Gasteiger partial charge in [-0.15, -0.1) is 5.59 Å². The molecule has 2 aromatic rings. The molecule has 4 heteroatoms. The van der Waals surface area contributed by atoms with Gasteiger partial charge < -0.3 is 4.84 Å². The van der Waals surface area contributed by atoms with Crippen LogP contribution in [-0.2, 0) is 4.84 Å². The first kappa shape index (κ1) is 11.9. The lowest BCUT2D eigenvalue weighted by atomic mass is 10.2. The predicted octanol–water partition coefficient (Wildman–Crippen LogP) is 2.38. The van der Waals surface area contributed by atoms with Gasteiger partial charge in [-0.25, -0.2) is 4.79 Å². The standard InChI is InChI=1S/C14H12N2O2/c17-14(13-9-5-2-6-10-13)18-16-15-11-12-7-3-1-4-8-12/h1-11,16H. The highest BCUT2D eigenvalue weighted by molar-refractivity contribution is 5.89. The molecule has 4 nitrogen and oxygen atoms in total. The molecular formula is C14H12N2O2. The molecule has 0 fully saturated rings. The van der Waals surface area contributed by atoms with Crippen molar-refractivity contribution in [3.05, 3.63) is 71.8 Å². The molecule has 1 N–H and O–H groups in total. The van der Waals surface area contributed by atoms with E-state index in [4.69, 9.17) is 4.84 Å². The van der Waals surface area contributed by atoms with Crippen molar-refractivity contribution >= 4 is 12.2 Å². The van der Waals surface area contributed by atoms with Gasteiger partial charge in [-0.2, -0.15) is 5.10 Å². The molecule has 0 spiro atoms. The number of hydrogen-bond acceptors (Lipinski definition) is 4. The van der Waals surface area contributed by atoms with Gasteiger partial charge in [-0.05, 0) is 17.7 Å². The molecule has 0 saturated heterocycles. The zero-order valence-corrected chi connectivity index (χ0v) is 9.61. The fraction of sp³-hybridized carbons (Fsp3) is 0. The average Bonchev–Trinajstić information content (AvgIpc) is 2.45. The van der Waals surface area contributed by atoms with E-state index in [1.54, 1.807) is 30.5 Å². The summed E-state index contributed by atoms with van der Waals surface area (Å²) in [6, 6.07) is 18.2. The van der Waals surface area contributed by atoms with E-state index < -0.39 is 5.97 Å². The summed E-state index contributed by atoms with van der Waals surface area (Å²) in [4.78, 5) is 16.3.